The zero-order chi connectivity index (χ0) is 16.5. The maximum Gasteiger partial charge on any atom is 0.267 e. The van der Waals surface area contributed by atoms with Crippen LogP contribution in [0.4, 0.5) is 0 Å². The average Bonchev–Trinajstić information content (AvgIpc) is 3.28. The summed E-state index contributed by atoms with van der Waals surface area (Å²) in [6, 6.07) is 12.3. The van der Waals surface area contributed by atoms with Gasteiger partial charge in [-0.3, -0.25) is 4.79 Å². The van der Waals surface area contributed by atoms with Crippen LogP contribution >= 0.6 is 11.3 Å². The highest BCUT2D eigenvalue weighted by Gasteiger charge is 2.15. The van der Waals surface area contributed by atoms with Gasteiger partial charge in [0, 0.05) is 30.2 Å². The molecule has 0 spiro atoms. The SMILES string of the molecule is CCn1c(C(=O)NCCc2c[nH]c3ccccc23)cc2sccc21. The smallest absolute Gasteiger partial charge is 0.267 e. The number of hydrogen-bond donors (Lipinski definition) is 2. The van der Waals surface area contributed by atoms with Gasteiger partial charge in [0.25, 0.3) is 5.91 Å². The molecule has 1 aromatic carbocycles. The zero-order valence-corrected chi connectivity index (χ0v) is 14.3. The van der Waals surface area contributed by atoms with Crippen molar-refractivity contribution in [2.45, 2.75) is 19.9 Å². The Morgan fingerprint density at radius 2 is 2.17 bits per heavy atom. The number of benzene rings is 1. The van der Waals surface area contributed by atoms with Crippen molar-refractivity contribution in [3.05, 3.63) is 59.2 Å². The number of hydrogen-bond acceptors (Lipinski definition) is 2. The first-order valence-electron chi connectivity index (χ1n) is 8.18. The van der Waals surface area contributed by atoms with Crippen LogP contribution in [-0.4, -0.2) is 22.0 Å². The monoisotopic (exact) mass is 337 g/mol. The molecule has 0 saturated heterocycles. The average molecular weight is 337 g/mol. The van der Waals surface area contributed by atoms with Crippen LogP contribution in [0, 0.1) is 0 Å². The van der Waals surface area contributed by atoms with Crippen LogP contribution in [0.2, 0.25) is 0 Å². The summed E-state index contributed by atoms with van der Waals surface area (Å²) in [5, 5.41) is 6.35. The van der Waals surface area contributed by atoms with Gasteiger partial charge >= 0.3 is 0 Å². The molecule has 0 aliphatic heterocycles. The number of H-pyrrole nitrogens is 1. The zero-order valence-electron chi connectivity index (χ0n) is 13.5. The van der Waals surface area contributed by atoms with Gasteiger partial charge in [-0.2, -0.15) is 0 Å². The van der Waals surface area contributed by atoms with E-state index >= 15 is 0 Å². The van der Waals surface area contributed by atoms with Gasteiger partial charge in [0.05, 0.1) is 10.2 Å². The van der Waals surface area contributed by atoms with Crippen molar-refractivity contribution in [3.8, 4) is 0 Å². The lowest BCUT2D eigenvalue weighted by Gasteiger charge is -2.08. The van der Waals surface area contributed by atoms with Gasteiger partial charge in [-0.1, -0.05) is 18.2 Å². The lowest BCUT2D eigenvalue weighted by Crippen LogP contribution is -2.27. The minimum atomic E-state index is 0.0000845. The fourth-order valence-electron chi connectivity index (χ4n) is 3.25. The maximum absolute atomic E-state index is 12.5. The highest BCUT2D eigenvalue weighted by Crippen LogP contribution is 2.25. The van der Waals surface area contributed by atoms with E-state index in [1.54, 1.807) is 11.3 Å². The van der Waals surface area contributed by atoms with E-state index in [-0.39, 0.29) is 5.91 Å². The van der Waals surface area contributed by atoms with E-state index < -0.39 is 0 Å². The number of nitrogens with zero attached hydrogens (tertiary/aromatic N) is 1. The second kappa shape index (κ2) is 6.17. The molecular formula is C19H19N3OS. The van der Waals surface area contributed by atoms with Crippen molar-refractivity contribution in [2.75, 3.05) is 6.54 Å². The van der Waals surface area contributed by atoms with Crippen molar-refractivity contribution in [1.82, 2.24) is 14.9 Å². The van der Waals surface area contributed by atoms with E-state index in [2.05, 4.69) is 45.4 Å². The number of amides is 1. The molecule has 0 fully saturated rings. The predicted molar refractivity (Wildman–Crippen MR) is 99.8 cm³/mol. The highest BCUT2D eigenvalue weighted by molar-refractivity contribution is 7.17. The second-order valence-corrected chi connectivity index (χ2v) is 6.76. The first-order valence-corrected chi connectivity index (χ1v) is 9.06. The molecule has 0 saturated carbocycles. The summed E-state index contributed by atoms with van der Waals surface area (Å²) < 4.78 is 3.24. The molecule has 0 bridgehead atoms. The molecule has 122 valence electrons. The quantitative estimate of drug-likeness (QED) is 0.564. The van der Waals surface area contributed by atoms with Gasteiger partial charge in [0.1, 0.15) is 5.69 Å². The Labute approximate surface area is 144 Å². The normalized spacial score (nSPS) is 11.4. The fraction of sp³-hybridized carbons (Fsp3) is 0.211. The van der Waals surface area contributed by atoms with E-state index in [0.29, 0.717) is 6.54 Å². The third-order valence-corrected chi connectivity index (χ3v) is 5.28. The Morgan fingerprint density at radius 3 is 3.04 bits per heavy atom. The number of fused-ring (bicyclic) bond motifs is 2. The number of thiophene rings is 1. The fourth-order valence-corrected chi connectivity index (χ4v) is 4.07. The van der Waals surface area contributed by atoms with Crippen molar-refractivity contribution < 1.29 is 4.79 Å². The van der Waals surface area contributed by atoms with Crippen molar-refractivity contribution >= 4 is 38.4 Å². The highest BCUT2D eigenvalue weighted by atomic mass is 32.1. The molecule has 0 unspecified atom stereocenters. The second-order valence-electron chi connectivity index (χ2n) is 5.81. The predicted octanol–water partition coefficient (Wildman–Crippen LogP) is 4.18. The summed E-state index contributed by atoms with van der Waals surface area (Å²) in [5.74, 6) is 0.0000845. The van der Waals surface area contributed by atoms with E-state index in [9.17, 15) is 4.79 Å². The van der Waals surface area contributed by atoms with E-state index in [0.717, 1.165) is 29.7 Å². The number of para-hydroxylation sites is 1. The first-order chi connectivity index (χ1) is 11.8. The molecule has 0 radical (unpaired) electrons. The topological polar surface area (TPSA) is 49.8 Å². The molecule has 0 aliphatic rings. The molecule has 3 aromatic heterocycles. The number of aryl methyl sites for hydroxylation is 1. The van der Waals surface area contributed by atoms with Crippen LogP contribution in [0.1, 0.15) is 23.0 Å². The Hall–Kier alpha value is -2.53. The molecule has 0 atom stereocenters. The summed E-state index contributed by atoms with van der Waals surface area (Å²) in [7, 11) is 0. The summed E-state index contributed by atoms with van der Waals surface area (Å²) >= 11 is 1.67. The Bertz CT molecular complexity index is 1010. The lowest BCUT2D eigenvalue weighted by molar-refractivity contribution is 0.0945. The third kappa shape index (κ3) is 2.51. The molecule has 3 heterocycles. The van der Waals surface area contributed by atoms with Gasteiger partial charge in [-0.25, -0.2) is 0 Å². The van der Waals surface area contributed by atoms with Crippen molar-refractivity contribution in [3.63, 3.8) is 0 Å². The van der Waals surface area contributed by atoms with Gasteiger partial charge in [-0.15, -0.1) is 11.3 Å². The van der Waals surface area contributed by atoms with E-state index in [4.69, 9.17) is 0 Å². The minimum absolute atomic E-state index is 0.0000845. The number of nitrogens with one attached hydrogen (secondary N) is 2. The molecule has 0 aliphatic carbocycles. The molecule has 4 nitrogen and oxygen atoms in total. The number of carbonyl (C=O) groups is 1. The summed E-state index contributed by atoms with van der Waals surface area (Å²) in [6.07, 6.45) is 2.85. The largest absolute Gasteiger partial charge is 0.361 e. The van der Waals surface area contributed by atoms with Crippen molar-refractivity contribution in [1.29, 1.82) is 0 Å². The summed E-state index contributed by atoms with van der Waals surface area (Å²) in [6.45, 7) is 3.49. The summed E-state index contributed by atoms with van der Waals surface area (Å²) in [5.41, 5.74) is 4.26. The maximum atomic E-state index is 12.5. The Kier molecular flexibility index (Phi) is 3.86. The molecule has 5 heteroatoms. The van der Waals surface area contributed by atoms with Crippen LogP contribution < -0.4 is 5.32 Å². The number of carbonyl (C=O) groups excluding carboxylic acids is 1. The standard InChI is InChI=1S/C19H19N3OS/c1-2-22-16-8-10-24-18(16)11-17(22)19(23)20-9-7-13-12-21-15-6-4-3-5-14(13)15/h3-6,8,10-12,21H,2,7,9H2,1H3,(H,20,23). The number of aromatic amines is 1. The number of rotatable bonds is 5. The van der Waals surface area contributed by atoms with Crippen LogP contribution in [-0.2, 0) is 13.0 Å². The Balaban J connectivity index is 1.47. The molecule has 2 N–H and O–H groups in total. The van der Waals surface area contributed by atoms with E-state index in [1.807, 2.05) is 24.4 Å². The molecule has 24 heavy (non-hydrogen) atoms. The van der Waals surface area contributed by atoms with Gasteiger partial charge in [0.15, 0.2) is 0 Å². The molecular weight excluding hydrogens is 318 g/mol. The Morgan fingerprint density at radius 1 is 1.29 bits per heavy atom. The first kappa shape index (κ1) is 15.0. The van der Waals surface area contributed by atoms with Crippen molar-refractivity contribution in [2.24, 2.45) is 0 Å². The minimum Gasteiger partial charge on any atom is -0.361 e. The van der Waals surface area contributed by atoms with Gasteiger partial charge in [-0.05, 0) is 42.5 Å². The van der Waals surface area contributed by atoms with Crippen LogP contribution in [0.5, 0.6) is 0 Å². The molecule has 4 rings (SSSR count). The molecule has 1 amide bonds. The summed E-state index contributed by atoms with van der Waals surface area (Å²) in [4.78, 5) is 15.8. The van der Waals surface area contributed by atoms with Crippen LogP contribution in [0.25, 0.3) is 21.1 Å². The number of aromatic nitrogens is 2. The van der Waals surface area contributed by atoms with Gasteiger partial charge < -0.3 is 14.9 Å². The van der Waals surface area contributed by atoms with Crippen LogP contribution in [0.15, 0.2) is 48.0 Å². The third-order valence-electron chi connectivity index (χ3n) is 4.43. The van der Waals surface area contributed by atoms with Gasteiger partial charge in [0.2, 0.25) is 0 Å². The van der Waals surface area contributed by atoms with E-state index in [1.165, 1.54) is 15.6 Å². The molecule has 4 aromatic rings. The lowest BCUT2D eigenvalue weighted by atomic mass is 10.1. The van der Waals surface area contributed by atoms with Crippen LogP contribution in [0.3, 0.4) is 0 Å².